The van der Waals surface area contributed by atoms with E-state index in [9.17, 15) is 17.6 Å². The summed E-state index contributed by atoms with van der Waals surface area (Å²) in [5, 5.41) is 3.08. The van der Waals surface area contributed by atoms with E-state index in [1.54, 1.807) is 36.4 Å². The van der Waals surface area contributed by atoms with E-state index in [1.165, 1.54) is 10.4 Å². The molecule has 2 unspecified atom stereocenters. The molecule has 1 N–H and O–H groups in total. The number of benzene rings is 2. The minimum Gasteiger partial charge on any atom is -0.367 e. The molecule has 9 heteroatoms. The van der Waals surface area contributed by atoms with E-state index in [4.69, 9.17) is 4.74 Å². The van der Waals surface area contributed by atoms with Crippen molar-refractivity contribution in [3.05, 3.63) is 65.5 Å². The molecule has 37 heavy (non-hydrogen) atoms. The molecule has 1 saturated heterocycles. The van der Waals surface area contributed by atoms with Gasteiger partial charge in [0, 0.05) is 25.2 Å². The number of carbonyl (C=O) groups excluding carboxylic acids is 1. The molecule has 2 atom stereocenters. The number of rotatable bonds is 9. The molecule has 1 heterocycles. The number of nitrogens with zero attached hydrogens (tertiary/aromatic N) is 2. The van der Waals surface area contributed by atoms with Gasteiger partial charge in [-0.15, -0.1) is 0 Å². The summed E-state index contributed by atoms with van der Waals surface area (Å²) in [6.07, 6.45) is 3.88. The van der Waals surface area contributed by atoms with Gasteiger partial charge in [-0.1, -0.05) is 29.8 Å². The standard InChI is InChI=1S/C28H38FN3O4S/c1-20-7-13-26(14-8-20)37(34,35)32-16-15-25(18-32)36-19-27(33)30-24-11-9-21(10-12-24)28(31(2)3)22-5-4-6-23(29)17-22/h4-8,13-14,17,21,24-25,28H,9-12,15-16,18-19H2,1-3H3,(H,30,33). The Hall–Kier alpha value is -2.33. The summed E-state index contributed by atoms with van der Waals surface area (Å²) in [5.41, 5.74) is 1.99. The molecule has 1 aliphatic heterocycles. The molecule has 2 aliphatic rings. The van der Waals surface area contributed by atoms with Gasteiger partial charge in [-0.05, 0) is 88.9 Å². The maximum atomic E-state index is 13.8. The van der Waals surface area contributed by atoms with Gasteiger partial charge in [0.1, 0.15) is 12.4 Å². The highest BCUT2D eigenvalue weighted by Crippen LogP contribution is 2.37. The van der Waals surface area contributed by atoms with Crippen molar-refractivity contribution in [2.45, 2.75) is 62.1 Å². The molecular weight excluding hydrogens is 493 g/mol. The molecule has 0 aromatic heterocycles. The van der Waals surface area contributed by atoms with E-state index in [0.29, 0.717) is 18.9 Å². The lowest BCUT2D eigenvalue weighted by atomic mass is 9.78. The Morgan fingerprint density at radius 1 is 1.11 bits per heavy atom. The Morgan fingerprint density at radius 3 is 2.46 bits per heavy atom. The van der Waals surface area contributed by atoms with Gasteiger partial charge < -0.3 is 15.0 Å². The van der Waals surface area contributed by atoms with Crippen molar-refractivity contribution in [2.24, 2.45) is 5.92 Å². The van der Waals surface area contributed by atoms with Crippen LogP contribution in [0.25, 0.3) is 0 Å². The number of amides is 1. The molecule has 0 radical (unpaired) electrons. The smallest absolute Gasteiger partial charge is 0.246 e. The zero-order valence-corrected chi connectivity index (χ0v) is 22.7. The predicted molar refractivity (Wildman–Crippen MR) is 141 cm³/mol. The molecule has 2 aromatic rings. The lowest BCUT2D eigenvalue weighted by Gasteiger charge is -2.37. The van der Waals surface area contributed by atoms with Crippen LogP contribution in [0.5, 0.6) is 0 Å². The fourth-order valence-electron chi connectivity index (χ4n) is 5.64. The third-order valence-corrected chi connectivity index (χ3v) is 9.43. The van der Waals surface area contributed by atoms with Crippen LogP contribution in [-0.4, -0.2) is 69.5 Å². The van der Waals surface area contributed by atoms with E-state index < -0.39 is 10.0 Å². The van der Waals surface area contributed by atoms with Crippen LogP contribution in [-0.2, 0) is 19.6 Å². The summed E-state index contributed by atoms with van der Waals surface area (Å²) >= 11 is 0. The fraction of sp³-hybridized carbons (Fsp3) is 0.536. The third kappa shape index (κ3) is 6.96. The van der Waals surface area contributed by atoms with Crippen molar-refractivity contribution < 1.29 is 22.3 Å². The Labute approximate surface area is 220 Å². The number of ether oxygens (including phenoxy) is 1. The van der Waals surface area contributed by atoms with Crippen LogP contribution in [0, 0.1) is 18.7 Å². The van der Waals surface area contributed by atoms with Gasteiger partial charge in [0.25, 0.3) is 0 Å². The molecule has 1 amide bonds. The van der Waals surface area contributed by atoms with Crippen molar-refractivity contribution in [1.29, 1.82) is 0 Å². The molecule has 2 fully saturated rings. The van der Waals surface area contributed by atoms with Crippen LogP contribution < -0.4 is 5.32 Å². The van der Waals surface area contributed by atoms with Gasteiger partial charge in [0.2, 0.25) is 15.9 Å². The van der Waals surface area contributed by atoms with Crippen LogP contribution >= 0.6 is 0 Å². The normalized spacial score (nSPS) is 23.8. The number of halogens is 1. The lowest BCUT2D eigenvalue weighted by Crippen LogP contribution is -2.42. The maximum absolute atomic E-state index is 13.8. The second-order valence-corrected chi connectivity index (χ2v) is 12.5. The quantitative estimate of drug-likeness (QED) is 0.531. The van der Waals surface area contributed by atoms with Crippen LogP contribution in [0.3, 0.4) is 0 Å². The first-order valence-corrected chi connectivity index (χ1v) is 14.5. The van der Waals surface area contributed by atoms with Crippen LogP contribution in [0.15, 0.2) is 53.4 Å². The molecule has 1 aliphatic carbocycles. The number of hydrogen-bond acceptors (Lipinski definition) is 5. The second kappa shape index (κ2) is 12.0. The van der Waals surface area contributed by atoms with E-state index in [0.717, 1.165) is 36.8 Å². The summed E-state index contributed by atoms with van der Waals surface area (Å²) < 4.78 is 46.8. The lowest BCUT2D eigenvalue weighted by molar-refractivity contribution is -0.128. The second-order valence-electron chi connectivity index (χ2n) is 10.5. The molecule has 4 rings (SSSR count). The summed E-state index contributed by atoms with van der Waals surface area (Å²) in [4.78, 5) is 15.0. The Balaban J connectivity index is 1.22. The van der Waals surface area contributed by atoms with E-state index >= 15 is 0 Å². The summed E-state index contributed by atoms with van der Waals surface area (Å²) in [6.45, 7) is 2.47. The number of carbonyl (C=O) groups is 1. The summed E-state index contributed by atoms with van der Waals surface area (Å²) in [6, 6.07) is 13.9. The molecule has 1 saturated carbocycles. The average Bonchev–Trinajstić information content (AvgIpc) is 3.34. The highest BCUT2D eigenvalue weighted by molar-refractivity contribution is 7.89. The largest absolute Gasteiger partial charge is 0.367 e. The highest BCUT2D eigenvalue weighted by atomic mass is 32.2. The van der Waals surface area contributed by atoms with E-state index in [2.05, 4.69) is 10.2 Å². The predicted octanol–water partition coefficient (Wildman–Crippen LogP) is 3.89. The molecule has 0 spiro atoms. The topological polar surface area (TPSA) is 78.9 Å². The average molecular weight is 532 g/mol. The number of nitrogens with one attached hydrogen (secondary N) is 1. The minimum atomic E-state index is -3.56. The Bertz CT molecular complexity index is 1160. The van der Waals surface area contributed by atoms with Gasteiger partial charge in [-0.2, -0.15) is 4.31 Å². The molecule has 2 aromatic carbocycles. The highest BCUT2D eigenvalue weighted by Gasteiger charge is 2.34. The molecule has 7 nitrogen and oxygen atoms in total. The number of hydrogen-bond donors (Lipinski definition) is 1. The number of aryl methyl sites for hydroxylation is 1. The maximum Gasteiger partial charge on any atom is 0.246 e. The van der Waals surface area contributed by atoms with E-state index in [1.807, 2.05) is 27.1 Å². The van der Waals surface area contributed by atoms with Gasteiger partial charge in [0.05, 0.1) is 11.0 Å². The van der Waals surface area contributed by atoms with Crippen LogP contribution in [0.2, 0.25) is 0 Å². The first-order chi connectivity index (χ1) is 17.6. The third-order valence-electron chi connectivity index (χ3n) is 7.55. The summed E-state index contributed by atoms with van der Waals surface area (Å²) in [5.74, 6) is 0.00201. The van der Waals surface area contributed by atoms with Crippen LogP contribution in [0.1, 0.15) is 49.3 Å². The number of sulfonamides is 1. The van der Waals surface area contributed by atoms with E-state index in [-0.39, 0.29) is 48.0 Å². The Morgan fingerprint density at radius 2 is 1.81 bits per heavy atom. The molecular formula is C28H38FN3O4S. The van der Waals surface area contributed by atoms with Crippen molar-refractivity contribution in [3.63, 3.8) is 0 Å². The fourth-order valence-corrected chi connectivity index (χ4v) is 7.12. The first-order valence-electron chi connectivity index (χ1n) is 13.0. The SMILES string of the molecule is Cc1ccc(S(=O)(=O)N2CCC(OCC(=O)NC3CCC(C(c4cccc(F)c4)N(C)C)CC3)C2)cc1. The van der Waals surface area contributed by atoms with Crippen LogP contribution in [0.4, 0.5) is 4.39 Å². The van der Waals surface area contributed by atoms with Gasteiger partial charge in [0.15, 0.2) is 0 Å². The summed E-state index contributed by atoms with van der Waals surface area (Å²) in [7, 11) is 0.487. The van der Waals surface area contributed by atoms with Gasteiger partial charge in [-0.3, -0.25) is 4.79 Å². The van der Waals surface area contributed by atoms with Crippen molar-refractivity contribution in [1.82, 2.24) is 14.5 Å². The first kappa shape index (κ1) is 27.7. The zero-order chi connectivity index (χ0) is 26.6. The van der Waals surface area contributed by atoms with Gasteiger partial charge in [-0.25, -0.2) is 12.8 Å². The van der Waals surface area contributed by atoms with Gasteiger partial charge >= 0.3 is 0 Å². The monoisotopic (exact) mass is 531 g/mol. The molecule has 0 bridgehead atoms. The Kier molecular flexibility index (Phi) is 9.00. The van der Waals surface area contributed by atoms with Crippen molar-refractivity contribution in [3.8, 4) is 0 Å². The molecule has 202 valence electrons. The minimum absolute atomic E-state index is 0.0768. The van der Waals surface area contributed by atoms with Crippen molar-refractivity contribution >= 4 is 15.9 Å². The zero-order valence-electron chi connectivity index (χ0n) is 21.9. The van der Waals surface area contributed by atoms with Crippen molar-refractivity contribution in [2.75, 3.05) is 33.8 Å².